The van der Waals surface area contributed by atoms with E-state index in [9.17, 15) is 0 Å². The van der Waals surface area contributed by atoms with Crippen LogP contribution in [0.3, 0.4) is 0 Å². The Morgan fingerprint density at radius 1 is 1.00 bits per heavy atom. The predicted molar refractivity (Wildman–Crippen MR) is 92.0 cm³/mol. The maximum absolute atomic E-state index is 6.76. The zero-order valence-corrected chi connectivity index (χ0v) is 14.9. The van der Waals surface area contributed by atoms with Gasteiger partial charge in [0.25, 0.3) is 8.32 Å². The van der Waals surface area contributed by atoms with Crippen LogP contribution in [0.4, 0.5) is 0 Å². The highest BCUT2D eigenvalue weighted by atomic mass is 28.4. The van der Waals surface area contributed by atoms with Crippen LogP contribution in [0, 0.1) is 0 Å². The van der Waals surface area contributed by atoms with E-state index in [1.807, 2.05) is 6.08 Å². The van der Waals surface area contributed by atoms with Crippen molar-refractivity contribution >= 4 is 8.32 Å². The van der Waals surface area contributed by atoms with Crippen LogP contribution in [0.15, 0.2) is 36.9 Å². The Balaban J connectivity index is 3.23. The zero-order chi connectivity index (χ0) is 15.3. The van der Waals surface area contributed by atoms with Crippen LogP contribution in [0.1, 0.15) is 47.1 Å². The molecule has 1 rings (SSSR count). The summed E-state index contributed by atoms with van der Waals surface area (Å²) in [6.07, 6.45) is 2.82. The number of allylic oxidation sites excluding steroid dienone is 1. The topological polar surface area (TPSA) is 9.23 Å². The number of para-hydroxylation sites is 1. The normalized spacial score (nSPS) is 12.2. The lowest BCUT2D eigenvalue weighted by Gasteiger charge is -2.42. The molecule has 0 bridgehead atoms. The van der Waals surface area contributed by atoms with Crippen LogP contribution < -0.4 is 4.43 Å². The van der Waals surface area contributed by atoms with Gasteiger partial charge in [0.05, 0.1) is 0 Å². The quantitative estimate of drug-likeness (QED) is 0.444. The molecule has 2 heteroatoms. The Morgan fingerprint density at radius 3 is 1.95 bits per heavy atom. The van der Waals surface area contributed by atoms with Gasteiger partial charge in [-0.3, -0.25) is 0 Å². The van der Waals surface area contributed by atoms with E-state index in [-0.39, 0.29) is 0 Å². The van der Waals surface area contributed by atoms with E-state index in [2.05, 4.69) is 72.4 Å². The summed E-state index contributed by atoms with van der Waals surface area (Å²) in [5, 5.41) is 0. The minimum absolute atomic E-state index is 0.597. The second-order valence-corrected chi connectivity index (χ2v) is 11.9. The van der Waals surface area contributed by atoms with Gasteiger partial charge in [0.1, 0.15) is 5.75 Å². The highest BCUT2D eigenvalue weighted by Crippen LogP contribution is 2.43. The van der Waals surface area contributed by atoms with Crippen LogP contribution in [-0.4, -0.2) is 8.32 Å². The molecule has 0 saturated heterocycles. The van der Waals surface area contributed by atoms with E-state index >= 15 is 0 Å². The highest BCUT2D eigenvalue weighted by Gasteiger charge is 2.47. The van der Waals surface area contributed by atoms with Crippen LogP contribution in [-0.2, 0) is 6.42 Å². The van der Waals surface area contributed by atoms with Gasteiger partial charge < -0.3 is 4.43 Å². The molecule has 0 aliphatic carbocycles. The molecule has 0 aliphatic rings. The van der Waals surface area contributed by atoms with Crippen molar-refractivity contribution < 1.29 is 4.43 Å². The fraction of sp³-hybridized carbons (Fsp3) is 0.556. The number of hydrogen-bond acceptors (Lipinski definition) is 1. The maximum atomic E-state index is 6.76. The van der Waals surface area contributed by atoms with Crippen LogP contribution in [0.2, 0.25) is 16.6 Å². The maximum Gasteiger partial charge on any atom is 0.258 e. The summed E-state index contributed by atoms with van der Waals surface area (Å²) >= 11 is 0. The molecule has 112 valence electrons. The van der Waals surface area contributed by atoms with Gasteiger partial charge in [0.15, 0.2) is 0 Å². The molecule has 1 aromatic carbocycles. The van der Waals surface area contributed by atoms with Crippen molar-refractivity contribution in [2.75, 3.05) is 0 Å². The molecule has 0 N–H and O–H groups in total. The van der Waals surface area contributed by atoms with Gasteiger partial charge >= 0.3 is 0 Å². The molecule has 0 heterocycles. The Bertz CT molecular complexity index is 413. The van der Waals surface area contributed by atoms with Crippen molar-refractivity contribution in [2.24, 2.45) is 0 Å². The number of hydrogen-bond donors (Lipinski definition) is 0. The highest BCUT2D eigenvalue weighted by molar-refractivity contribution is 6.78. The molecular formula is C18H30OSi. The molecule has 0 amide bonds. The molecule has 20 heavy (non-hydrogen) atoms. The Kier molecular flexibility index (Phi) is 6.06. The van der Waals surface area contributed by atoms with Gasteiger partial charge in [0.2, 0.25) is 0 Å². The second kappa shape index (κ2) is 7.12. The molecule has 0 fully saturated rings. The van der Waals surface area contributed by atoms with Crippen molar-refractivity contribution in [2.45, 2.75) is 64.6 Å². The fourth-order valence-electron chi connectivity index (χ4n) is 3.47. The first-order valence-corrected chi connectivity index (χ1v) is 9.88. The lowest BCUT2D eigenvalue weighted by Crippen LogP contribution is -2.50. The van der Waals surface area contributed by atoms with Crippen LogP contribution >= 0.6 is 0 Å². The van der Waals surface area contributed by atoms with Gasteiger partial charge in [-0.25, -0.2) is 0 Å². The van der Waals surface area contributed by atoms with Gasteiger partial charge in [-0.2, -0.15) is 0 Å². The molecule has 0 saturated carbocycles. The van der Waals surface area contributed by atoms with Crippen molar-refractivity contribution in [1.29, 1.82) is 0 Å². The molecule has 0 aliphatic heterocycles. The number of rotatable bonds is 7. The SMILES string of the molecule is C=CCc1ccccc1O[Si](C(C)C)(C(C)C)C(C)C. The first-order chi connectivity index (χ1) is 9.36. The summed E-state index contributed by atoms with van der Waals surface area (Å²) in [5.74, 6) is 1.06. The third kappa shape index (κ3) is 3.35. The smallest absolute Gasteiger partial charge is 0.258 e. The third-order valence-corrected chi connectivity index (χ3v) is 10.3. The van der Waals surface area contributed by atoms with E-state index in [1.54, 1.807) is 0 Å². The van der Waals surface area contributed by atoms with Gasteiger partial charge in [-0.15, -0.1) is 6.58 Å². The summed E-state index contributed by atoms with van der Waals surface area (Å²) in [7, 11) is -1.86. The molecule has 0 aromatic heterocycles. The number of benzene rings is 1. The molecule has 0 radical (unpaired) electrons. The van der Waals surface area contributed by atoms with Crippen LogP contribution in [0.25, 0.3) is 0 Å². The van der Waals surface area contributed by atoms with E-state index in [0.29, 0.717) is 16.6 Å². The van der Waals surface area contributed by atoms with E-state index < -0.39 is 8.32 Å². The summed E-state index contributed by atoms with van der Waals surface area (Å²) in [4.78, 5) is 0. The van der Waals surface area contributed by atoms with Gasteiger partial charge in [-0.05, 0) is 34.7 Å². The molecule has 0 unspecified atom stereocenters. The van der Waals surface area contributed by atoms with Crippen molar-refractivity contribution in [3.05, 3.63) is 42.5 Å². The van der Waals surface area contributed by atoms with Crippen molar-refractivity contribution in [3.8, 4) is 5.75 Å². The Morgan fingerprint density at radius 2 is 1.50 bits per heavy atom. The Hall–Kier alpha value is -1.02. The molecule has 0 atom stereocenters. The predicted octanol–water partition coefficient (Wildman–Crippen LogP) is 5.97. The summed E-state index contributed by atoms with van der Waals surface area (Å²) in [6, 6.07) is 8.42. The lowest BCUT2D eigenvalue weighted by atomic mass is 10.1. The first kappa shape index (κ1) is 17.0. The van der Waals surface area contributed by atoms with Gasteiger partial charge in [-0.1, -0.05) is 65.8 Å². The molecule has 0 spiro atoms. The lowest BCUT2D eigenvalue weighted by molar-refractivity contribution is 0.476. The van der Waals surface area contributed by atoms with Crippen molar-refractivity contribution in [3.63, 3.8) is 0 Å². The van der Waals surface area contributed by atoms with E-state index in [4.69, 9.17) is 4.43 Å². The minimum atomic E-state index is -1.86. The average Bonchev–Trinajstić information content (AvgIpc) is 2.36. The average molecular weight is 291 g/mol. The van der Waals surface area contributed by atoms with Gasteiger partial charge in [0, 0.05) is 0 Å². The molecular weight excluding hydrogens is 260 g/mol. The summed E-state index contributed by atoms with van der Waals surface area (Å²) in [5.41, 5.74) is 3.04. The van der Waals surface area contributed by atoms with Crippen LogP contribution in [0.5, 0.6) is 5.75 Å². The van der Waals surface area contributed by atoms with E-state index in [0.717, 1.165) is 12.2 Å². The molecule has 1 nitrogen and oxygen atoms in total. The summed E-state index contributed by atoms with van der Waals surface area (Å²) < 4.78 is 6.76. The fourth-order valence-corrected chi connectivity index (χ4v) is 8.76. The second-order valence-electron chi connectivity index (χ2n) is 6.52. The molecule has 1 aromatic rings. The summed E-state index contributed by atoms with van der Waals surface area (Å²) in [6.45, 7) is 17.8. The van der Waals surface area contributed by atoms with Crippen molar-refractivity contribution in [1.82, 2.24) is 0 Å². The first-order valence-electron chi connectivity index (χ1n) is 7.74. The minimum Gasteiger partial charge on any atom is -0.542 e. The largest absolute Gasteiger partial charge is 0.542 e. The Labute approximate surface area is 126 Å². The van der Waals surface area contributed by atoms with E-state index in [1.165, 1.54) is 5.56 Å². The standard InChI is InChI=1S/C18H30OSi/c1-8-11-17-12-9-10-13-18(17)19-20(14(2)3,15(4)5)16(6)7/h8-10,12-16H,1,11H2,2-7H3. The zero-order valence-electron chi connectivity index (χ0n) is 13.9. The third-order valence-electron chi connectivity index (χ3n) is 4.33. The monoisotopic (exact) mass is 290 g/mol.